The molecule has 1 rings (SSSR count). The van der Waals surface area contributed by atoms with E-state index >= 15 is 0 Å². The van der Waals surface area contributed by atoms with Gasteiger partial charge in [0.1, 0.15) is 0 Å². The SMILES string of the molecule is COC(=O)c1cc(Cl)c(OC)c(OC(F)(F)F)c1. The number of alkyl halides is 3. The van der Waals surface area contributed by atoms with Crippen LogP contribution in [0.5, 0.6) is 11.5 Å². The molecule has 100 valence electrons. The Morgan fingerprint density at radius 1 is 1.28 bits per heavy atom. The third kappa shape index (κ3) is 3.43. The monoisotopic (exact) mass is 284 g/mol. The average Bonchev–Trinajstić information content (AvgIpc) is 2.25. The van der Waals surface area contributed by atoms with E-state index < -0.39 is 18.1 Å². The van der Waals surface area contributed by atoms with Crippen molar-refractivity contribution in [2.24, 2.45) is 0 Å². The molecule has 0 aliphatic carbocycles. The van der Waals surface area contributed by atoms with E-state index in [1.165, 1.54) is 0 Å². The molecule has 0 N–H and O–H groups in total. The second kappa shape index (κ2) is 5.34. The zero-order valence-corrected chi connectivity index (χ0v) is 10.1. The lowest BCUT2D eigenvalue weighted by molar-refractivity contribution is -0.275. The molecule has 1 aromatic rings. The summed E-state index contributed by atoms with van der Waals surface area (Å²) in [7, 11) is 2.22. The first-order valence-corrected chi connectivity index (χ1v) is 4.88. The van der Waals surface area contributed by atoms with Crippen LogP contribution in [0.25, 0.3) is 0 Å². The molecule has 0 saturated carbocycles. The fourth-order valence-electron chi connectivity index (χ4n) is 1.20. The van der Waals surface area contributed by atoms with Crippen molar-refractivity contribution in [1.29, 1.82) is 0 Å². The Hall–Kier alpha value is -1.63. The van der Waals surface area contributed by atoms with Crippen LogP contribution in [0.4, 0.5) is 13.2 Å². The molecule has 0 aromatic heterocycles. The third-order valence-electron chi connectivity index (χ3n) is 1.86. The first kappa shape index (κ1) is 14.4. The molecule has 0 heterocycles. The summed E-state index contributed by atoms with van der Waals surface area (Å²) in [5, 5.41) is -0.195. The van der Waals surface area contributed by atoms with Gasteiger partial charge in [-0.15, -0.1) is 13.2 Å². The normalized spacial score (nSPS) is 11.0. The van der Waals surface area contributed by atoms with Crippen LogP contribution in [-0.4, -0.2) is 26.6 Å². The molecular weight excluding hydrogens is 277 g/mol. The van der Waals surface area contributed by atoms with E-state index in [0.717, 1.165) is 26.4 Å². The molecule has 1 aromatic carbocycles. The number of esters is 1. The first-order valence-electron chi connectivity index (χ1n) is 4.50. The number of halogens is 4. The fraction of sp³-hybridized carbons (Fsp3) is 0.300. The van der Waals surface area contributed by atoms with Crippen LogP contribution < -0.4 is 9.47 Å². The number of hydrogen-bond acceptors (Lipinski definition) is 4. The van der Waals surface area contributed by atoms with Crippen molar-refractivity contribution in [3.05, 3.63) is 22.7 Å². The maximum absolute atomic E-state index is 12.2. The van der Waals surface area contributed by atoms with E-state index in [1.807, 2.05) is 0 Å². The van der Waals surface area contributed by atoms with Crippen molar-refractivity contribution >= 4 is 17.6 Å². The van der Waals surface area contributed by atoms with E-state index in [2.05, 4.69) is 14.2 Å². The van der Waals surface area contributed by atoms with Crippen molar-refractivity contribution in [2.45, 2.75) is 6.36 Å². The summed E-state index contributed by atoms with van der Waals surface area (Å²) >= 11 is 5.68. The number of carbonyl (C=O) groups excluding carboxylic acids is 1. The van der Waals surface area contributed by atoms with Crippen LogP contribution >= 0.6 is 11.6 Å². The Balaban J connectivity index is 3.28. The summed E-state index contributed by atoms with van der Waals surface area (Å²) in [6, 6.07) is 1.96. The van der Waals surface area contributed by atoms with Gasteiger partial charge < -0.3 is 14.2 Å². The molecule has 0 bridgehead atoms. The highest BCUT2D eigenvalue weighted by molar-refractivity contribution is 6.32. The molecule has 0 unspecified atom stereocenters. The summed E-state index contributed by atoms with van der Waals surface area (Å²) in [5.74, 6) is -1.87. The summed E-state index contributed by atoms with van der Waals surface area (Å²) in [6.45, 7) is 0. The van der Waals surface area contributed by atoms with Gasteiger partial charge in [0.25, 0.3) is 0 Å². The second-order valence-corrected chi connectivity index (χ2v) is 3.44. The second-order valence-electron chi connectivity index (χ2n) is 3.03. The first-order chi connectivity index (χ1) is 8.28. The van der Waals surface area contributed by atoms with Crippen LogP contribution in [0, 0.1) is 0 Å². The summed E-state index contributed by atoms with van der Waals surface area (Å²) < 4.78 is 49.3. The largest absolute Gasteiger partial charge is 0.573 e. The lowest BCUT2D eigenvalue weighted by Crippen LogP contribution is -2.18. The van der Waals surface area contributed by atoms with Gasteiger partial charge in [0.2, 0.25) is 0 Å². The standard InChI is InChI=1S/C10H8ClF3O4/c1-16-8-6(11)3-5(9(15)17-2)4-7(8)18-10(12,13)14/h3-4H,1-2H3. The zero-order valence-electron chi connectivity index (χ0n) is 9.30. The maximum Gasteiger partial charge on any atom is 0.573 e. The number of carbonyl (C=O) groups is 1. The Bertz CT molecular complexity index is 459. The van der Waals surface area contributed by atoms with Gasteiger partial charge in [-0.3, -0.25) is 0 Å². The number of rotatable bonds is 3. The van der Waals surface area contributed by atoms with Crippen LogP contribution in [0.2, 0.25) is 5.02 Å². The highest BCUT2D eigenvalue weighted by Crippen LogP contribution is 2.39. The van der Waals surface area contributed by atoms with Gasteiger partial charge in [-0.2, -0.15) is 0 Å². The van der Waals surface area contributed by atoms with E-state index in [9.17, 15) is 18.0 Å². The Morgan fingerprint density at radius 2 is 1.89 bits per heavy atom. The lowest BCUT2D eigenvalue weighted by Gasteiger charge is -2.14. The van der Waals surface area contributed by atoms with E-state index in [-0.39, 0.29) is 16.3 Å². The highest BCUT2D eigenvalue weighted by Gasteiger charge is 2.33. The number of benzene rings is 1. The molecule has 8 heteroatoms. The predicted octanol–water partition coefficient (Wildman–Crippen LogP) is 3.03. The van der Waals surface area contributed by atoms with E-state index in [1.54, 1.807) is 0 Å². The van der Waals surface area contributed by atoms with Gasteiger partial charge in [-0.1, -0.05) is 11.6 Å². The molecule has 0 aliphatic rings. The molecule has 0 fully saturated rings. The van der Waals surface area contributed by atoms with Crippen molar-refractivity contribution in [1.82, 2.24) is 0 Å². The molecule has 18 heavy (non-hydrogen) atoms. The Morgan fingerprint density at radius 3 is 2.33 bits per heavy atom. The topological polar surface area (TPSA) is 44.8 Å². The summed E-state index contributed by atoms with van der Waals surface area (Å²) in [6.07, 6.45) is -4.93. The zero-order chi connectivity index (χ0) is 13.9. The Kier molecular flexibility index (Phi) is 4.28. The van der Waals surface area contributed by atoms with E-state index in [0.29, 0.717) is 0 Å². The minimum Gasteiger partial charge on any atom is -0.491 e. The third-order valence-corrected chi connectivity index (χ3v) is 2.14. The molecule has 0 saturated heterocycles. The van der Waals surface area contributed by atoms with Crippen molar-refractivity contribution in [3.63, 3.8) is 0 Å². The lowest BCUT2D eigenvalue weighted by atomic mass is 10.2. The number of ether oxygens (including phenoxy) is 3. The van der Waals surface area contributed by atoms with Gasteiger partial charge in [-0.05, 0) is 12.1 Å². The van der Waals surface area contributed by atoms with Gasteiger partial charge in [0, 0.05) is 0 Å². The number of hydrogen-bond donors (Lipinski definition) is 0. The van der Waals surface area contributed by atoms with Crippen LogP contribution in [0.1, 0.15) is 10.4 Å². The smallest absolute Gasteiger partial charge is 0.491 e. The minimum atomic E-state index is -4.93. The van der Waals surface area contributed by atoms with Crippen molar-refractivity contribution < 1.29 is 32.2 Å². The molecule has 4 nitrogen and oxygen atoms in total. The average molecular weight is 285 g/mol. The van der Waals surface area contributed by atoms with Crippen molar-refractivity contribution in [2.75, 3.05) is 14.2 Å². The summed E-state index contributed by atoms with van der Waals surface area (Å²) in [4.78, 5) is 11.2. The van der Waals surface area contributed by atoms with E-state index in [4.69, 9.17) is 11.6 Å². The van der Waals surface area contributed by atoms with Gasteiger partial charge in [0.05, 0.1) is 24.8 Å². The Labute approximate surface area is 105 Å². The molecule has 0 atom stereocenters. The molecule has 0 aliphatic heterocycles. The molecular formula is C10H8ClF3O4. The maximum atomic E-state index is 12.2. The van der Waals surface area contributed by atoms with Gasteiger partial charge >= 0.3 is 12.3 Å². The quantitative estimate of drug-likeness (QED) is 0.800. The number of methoxy groups -OCH3 is 2. The predicted molar refractivity (Wildman–Crippen MR) is 56.0 cm³/mol. The molecule has 0 spiro atoms. The minimum absolute atomic E-state index is 0.178. The van der Waals surface area contributed by atoms with Crippen LogP contribution in [-0.2, 0) is 4.74 Å². The van der Waals surface area contributed by atoms with Crippen LogP contribution in [0.3, 0.4) is 0 Å². The fourth-order valence-corrected chi connectivity index (χ4v) is 1.49. The molecule has 0 amide bonds. The summed E-state index contributed by atoms with van der Waals surface area (Å²) in [5.41, 5.74) is -0.178. The van der Waals surface area contributed by atoms with Gasteiger partial charge in [-0.25, -0.2) is 4.79 Å². The van der Waals surface area contributed by atoms with Gasteiger partial charge in [0.15, 0.2) is 11.5 Å². The van der Waals surface area contributed by atoms with Crippen LogP contribution in [0.15, 0.2) is 12.1 Å². The van der Waals surface area contributed by atoms with Crippen molar-refractivity contribution in [3.8, 4) is 11.5 Å². The molecule has 0 radical (unpaired) electrons. The highest BCUT2D eigenvalue weighted by atomic mass is 35.5.